The smallest absolute Gasteiger partial charge is 0.127 e. The zero-order valence-corrected chi connectivity index (χ0v) is 11.0. The molecule has 0 atom stereocenters. The molecule has 0 unspecified atom stereocenters. The molecular weight excluding hydrogens is 216 g/mol. The summed E-state index contributed by atoms with van der Waals surface area (Å²) in [6.45, 7) is 7.08. The molecule has 0 aliphatic carbocycles. The van der Waals surface area contributed by atoms with Crippen molar-refractivity contribution < 1.29 is 9.47 Å². The Balaban J connectivity index is 2.59. The lowest BCUT2D eigenvalue weighted by Gasteiger charge is -2.12. The van der Waals surface area contributed by atoms with E-state index in [4.69, 9.17) is 9.47 Å². The fourth-order valence-corrected chi connectivity index (χ4v) is 1.46. The van der Waals surface area contributed by atoms with Gasteiger partial charge < -0.3 is 14.8 Å². The first-order valence-electron chi connectivity index (χ1n) is 6.06. The van der Waals surface area contributed by atoms with Gasteiger partial charge in [-0.3, -0.25) is 4.98 Å². The van der Waals surface area contributed by atoms with Crippen LogP contribution in [0.4, 0.5) is 0 Å². The van der Waals surface area contributed by atoms with Crippen LogP contribution < -0.4 is 10.1 Å². The number of pyridine rings is 1. The maximum Gasteiger partial charge on any atom is 0.127 e. The Bertz CT molecular complexity index is 329. The van der Waals surface area contributed by atoms with Crippen LogP contribution in [0.3, 0.4) is 0 Å². The van der Waals surface area contributed by atoms with E-state index in [0.29, 0.717) is 13.2 Å². The molecule has 0 aliphatic heterocycles. The topological polar surface area (TPSA) is 43.4 Å². The molecule has 0 aliphatic rings. The van der Waals surface area contributed by atoms with Crippen LogP contribution in [0.15, 0.2) is 12.3 Å². The molecule has 1 rings (SSSR count). The molecule has 1 aromatic rings. The third kappa shape index (κ3) is 5.15. The van der Waals surface area contributed by atoms with Gasteiger partial charge in [0, 0.05) is 37.2 Å². The van der Waals surface area contributed by atoms with Crippen LogP contribution in [0, 0.1) is 6.92 Å². The summed E-state index contributed by atoms with van der Waals surface area (Å²) in [7, 11) is 1.67. The predicted molar refractivity (Wildman–Crippen MR) is 68.3 cm³/mol. The van der Waals surface area contributed by atoms with Gasteiger partial charge in [0.05, 0.1) is 6.61 Å². The zero-order valence-electron chi connectivity index (χ0n) is 11.0. The predicted octanol–water partition coefficient (Wildman–Crippen LogP) is 1.91. The first-order valence-corrected chi connectivity index (χ1v) is 6.06. The molecule has 0 amide bonds. The summed E-state index contributed by atoms with van der Waals surface area (Å²) in [6.07, 6.45) is 3.00. The lowest BCUT2D eigenvalue weighted by atomic mass is 10.2. The van der Waals surface area contributed by atoms with Crippen molar-refractivity contribution in [2.75, 3.05) is 26.9 Å². The number of ether oxygens (including phenoxy) is 2. The van der Waals surface area contributed by atoms with Gasteiger partial charge in [0.25, 0.3) is 0 Å². The normalized spacial score (nSPS) is 10.5. The molecule has 0 radical (unpaired) electrons. The maximum absolute atomic E-state index is 5.68. The second-order valence-corrected chi connectivity index (χ2v) is 3.95. The number of nitrogens with one attached hydrogen (secondary N) is 1. The number of methoxy groups -OCH3 is 1. The third-order valence-corrected chi connectivity index (χ3v) is 2.37. The summed E-state index contributed by atoms with van der Waals surface area (Å²) < 4.78 is 10.7. The molecule has 0 aromatic carbocycles. The first kappa shape index (κ1) is 13.9. The largest absolute Gasteiger partial charge is 0.491 e. The monoisotopic (exact) mass is 238 g/mol. The molecule has 1 N–H and O–H groups in total. The van der Waals surface area contributed by atoms with Crippen molar-refractivity contribution in [3.05, 3.63) is 23.5 Å². The van der Waals surface area contributed by atoms with Gasteiger partial charge in [0.15, 0.2) is 0 Å². The summed E-state index contributed by atoms with van der Waals surface area (Å²) >= 11 is 0. The Morgan fingerprint density at radius 2 is 2.18 bits per heavy atom. The Morgan fingerprint density at radius 1 is 1.35 bits per heavy atom. The van der Waals surface area contributed by atoms with Crippen LogP contribution in [-0.2, 0) is 11.3 Å². The van der Waals surface area contributed by atoms with Gasteiger partial charge in [0.1, 0.15) is 12.4 Å². The van der Waals surface area contributed by atoms with E-state index in [1.54, 1.807) is 7.11 Å². The van der Waals surface area contributed by atoms with E-state index in [-0.39, 0.29) is 0 Å². The number of aromatic nitrogens is 1. The van der Waals surface area contributed by atoms with Crippen molar-refractivity contribution in [2.45, 2.75) is 26.8 Å². The van der Waals surface area contributed by atoms with Gasteiger partial charge in [-0.05, 0) is 19.9 Å². The number of aryl methyl sites for hydroxylation is 1. The molecule has 4 heteroatoms. The van der Waals surface area contributed by atoms with E-state index < -0.39 is 0 Å². The minimum atomic E-state index is 0.570. The van der Waals surface area contributed by atoms with E-state index in [0.717, 1.165) is 36.5 Å². The van der Waals surface area contributed by atoms with E-state index in [2.05, 4.69) is 17.2 Å². The van der Waals surface area contributed by atoms with E-state index in [9.17, 15) is 0 Å². The number of hydrogen-bond acceptors (Lipinski definition) is 4. The molecule has 0 bridgehead atoms. The highest BCUT2D eigenvalue weighted by Gasteiger charge is 2.04. The Kier molecular flexibility index (Phi) is 6.58. The minimum Gasteiger partial charge on any atom is -0.491 e. The first-order chi connectivity index (χ1) is 8.27. The van der Waals surface area contributed by atoms with Gasteiger partial charge >= 0.3 is 0 Å². The second-order valence-electron chi connectivity index (χ2n) is 3.95. The molecule has 1 aromatic heterocycles. The molecule has 0 fully saturated rings. The summed E-state index contributed by atoms with van der Waals surface area (Å²) in [4.78, 5) is 4.30. The molecule has 0 saturated carbocycles. The summed E-state index contributed by atoms with van der Waals surface area (Å²) in [5.74, 6) is 0.901. The van der Waals surface area contributed by atoms with E-state index in [1.165, 1.54) is 0 Å². The fraction of sp³-hybridized carbons (Fsp3) is 0.615. The maximum atomic E-state index is 5.68. The lowest BCUT2D eigenvalue weighted by molar-refractivity contribution is 0.145. The van der Waals surface area contributed by atoms with Crippen LogP contribution in [0.25, 0.3) is 0 Å². The van der Waals surface area contributed by atoms with Crippen molar-refractivity contribution in [3.8, 4) is 5.75 Å². The van der Waals surface area contributed by atoms with Crippen LogP contribution in [0.2, 0.25) is 0 Å². The fourth-order valence-electron chi connectivity index (χ4n) is 1.46. The average Bonchev–Trinajstić information content (AvgIpc) is 2.32. The van der Waals surface area contributed by atoms with Crippen molar-refractivity contribution in [2.24, 2.45) is 0 Å². The summed E-state index contributed by atoms with van der Waals surface area (Å²) in [6, 6.07) is 1.97. The molecule has 17 heavy (non-hydrogen) atoms. The molecule has 96 valence electrons. The Morgan fingerprint density at radius 3 is 2.88 bits per heavy atom. The van der Waals surface area contributed by atoms with Gasteiger partial charge in [-0.25, -0.2) is 0 Å². The molecule has 4 nitrogen and oxygen atoms in total. The van der Waals surface area contributed by atoms with Gasteiger partial charge in [-0.1, -0.05) is 6.92 Å². The highest BCUT2D eigenvalue weighted by atomic mass is 16.5. The highest BCUT2D eigenvalue weighted by molar-refractivity contribution is 5.32. The summed E-state index contributed by atoms with van der Waals surface area (Å²) in [5.41, 5.74) is 2.07. The molecule has 1 heterocycles. The van der Waals surface area contributed by atoms with Crippen molar-refractivity contribution in [3.63, 3.8) is 0 Å². The van der Waals surface area contributed by atoms with Gasteiger partial charge in [-0.2, -0.15) is 0 Å². The zero-order chi connectivity index (χ0) is 12.5. The van der Waals surface area contributed by atoms with Crippen LogP contribution in [0.5, 0.6) is 5.75 Å². The average molecular weight is 238 g/mol. The lowest BCUT2D eigenvalue weighted by Crippen LogP contribution is -2.15. The number of rotatable bonds is 8. The van der Waals surface area contributed by atoms with Crippen LogP contribution in [0.1, 0.15) is 24.6 Å². The van der Waals surface area contributed by atoms with Crippen molar-refractivity contribution >= 4 is 0 Å². The van der Waals surface area contributed by atoms with Crippen molar-refractivity contribution in [1.82, 2.24) is 10.3 Å². The molecule has 0 spiro atoms. The highest BCUT2D eigenvalue weighted by Crippen LogP contribution is 2.18. The van der Waals surface area contributed by atoms with Crippen LogP contribution >= 0.6 is 0 Å². The Hall–Kier alpha value is -1.13. The standard InChI is InChI=1S/C13H22N2O2/c1-4-5-14-9-12-10-15-11(2)8-13(12)17-7-6-16-3/h8,10,14H,4-7,9H2,1-3H3. The molecule has 0 saturated heterocycles. The minimum absolute atomic E-state index is 0.570. The van der Waals surface area contributed by atoms with Gasteiger partial charge in [0.2, 0.25) is 0 Å². The Labute approximate surface area is 103 Å². The molecular formula is C13H22N2O2. The van der Waals surface area contributed by atoms with E-state index in [1.807, 2.05) is 19.2 Å². The van der Waals surface area contributed by atoms with Gasteiger partial charge in [-0.15, -0.1) is 0 Å². The quantitative estimate of drug-likeness (QED) is 0.703. The number of nitrogens with zero attached hydrogens (tertiary/aromatic N) is 1. The van der Waals surface area contributed by atoms with E-state index >= 15 is 0 Å². The number of hydrogen-bond donors (Lipinski definition) is 1. The SMILES string of the molecule is CCCNCc1cnc(C)cc1OCCOC. The summed E-state index contributed by atoms with van der Waals surface area (Å²) in [5, 5.41) is 3.35. The second kappa shape index (κ2) is 8.03. The van der Waals surface area contributed by atoms with Crippen molar-refractivity contribution in [1.29, 1.82) is 0 Å². The van der Waals surface area contributed by atoms with Crippen LogP contribution in [-0.4, -0.2) is 31.9 Å². The third-order valence-electron chi connectivity index (χ3n) is 2.37.